The molecule has 2 bridgehead atoms. The molecule has 0 unspecified atom stereocenters. The van der Waals surface area contributed by atoms with Crippen LogP contribution in [0.3, 0.4) is 0 Å². The quantitative estimate of drug-likeness (QED) is 0.141. The maximum Gasteiger partial charge on any atom is 0.250 e. The van der Waals surface area contributed by atoms with Crippen LogP contribution in [0.2, 0.25) is 10.0 Å². The van der Waals surface area contributed by atoms with E-state index in [1.807, 2.05) is 17.9 Å². The average molecular weight is 841 g/mol. The Balaban J connectivity index is 1.22. The van der Waals surface area contributed by atoms with Gasteiger partial charge in [0.05, 0.1) is 45.6 Å². The maximum atomic E-state index is 17.8. The summed E-state index contributed by atoms with van der Waals surface area (Å²) in [6.07, 6.45) is 6.21. The number of ether oxygens (including phenoxy) is 2. The fraction of sp³-hybridized carbons (Fsp3) is 0.467. The number of fused-ring (bicyclic) bond motifs is 4. The Kier molecular flexibility index (Phi) is 9.94. The van der Waals surface area contributed by atoms with Crippen molar-refractivity contribution < 1.29 is 23.0 Å². The van der Waals surface area contributed by atoms with E-state index in [9.17, 15) is 14.4 Å². The number of likely N-dealkylation sites (N-methyl/N-ethyl adjacent to an activating group) is 1. The molecule has 7 heterocycles. The van der Waals surface area contributed by atoms with Crippen molar-refractivity contribution in [1.29, 1.82) is 5.26 Å². The molecule has 11 rings (SSSR count). The van der Waals surface area contributed by atoms with Gasteiger partial charge in [-0.1, -0.05) is 35.3 Å². The molecule has 7 atom stereocenters. The minimum atomic E-state index is -0.571. The first kappa shape index (κ1) is 38.6. The number of hydrogen-bond acceptors (Lipinski definition) is 8. The van der Waals surface area contributed by atoms with Crippen LogP contribution < -0.4 is 14.8 Å². The Hall–Kier alpha value is -4.54. The third-order valence-electron chi connectivity index (χ3n) is 13.4. The first-order valence-corrected chi connectivity index (χ1v) is 21.6. The van der Waals surface area contributed by atoms with Gasteiger partial charge < -0.3 is 24.3 Å². The second-order valence-electron chi connectivity index (χ2n) is 17.1. The van der Waals surface area contributed by atoms with Crippen molar-refractivity contribution in [3.63, 3.8) is 0 Å². The highest BCUT2D eigenvalue weighted by Crippen LogP contribution is 2.52. The summed E-state index contributed by atoms with van der Waals surface area (Å²) in [5.74, 6) is -0.612. The Morgan fingerprint density at radius 2 is 1.95 bits per heavy atom. The fourth-order valence-electron chi connectivity index (χ4n) is 10.4. The zero-order chi connectivity index (χ0) is 40.7. The van der Waals surface area contributed by atoms with Gasteiger partial charge in [-0.05, 0) is 101 Å². The number of pyridine rings is 2. The number of carbonyl (C=O) groups excluding carboxylic acids is 1. The lowest BCUT2D eigenvalue weighted by molar-refractivity contribution is -0.133. The molecule has 2 saturated carbocycles. The van der Waals surface area contributed by atoms with Gasteiger partial charge >= 0.3 is 0 Å². The van der Waals surface area contributed by atoms with Gasteiger partial charge in [0.1, 0.15) is 17.7 Å². The monoisotopic (exact) mass is 839 g/mol. The smallest absolute Gasteiger partial charge is 0.250 e. The van der Waals surface area contributed by atoms with Crippen LogP contribution >= 0.6 is 23.2 Å². The third-order valence-corrected chi connectivity index (χ3v) is 14.3. The Bertz CT molecular complexity index is 2530. The predicted octanol–water partition coefficient (Wildman–Crippen LogP) is 8.82. The van der Waals surface area contributed by atoms with Gasteiger partial charge in [-0.25, -0.2) is 18.7 Å². The molecular weight excluding hydrogens is 795 g/mol. The van der Waals surface area contributed by atoms with Crippen LogP contribution in [0.15, 0.2) is 48.7 Å². The van der Waals surface area contributed by atoms with Gasteiger partial charge in [-0.15, -0.1) is 0 Å². The van der Waals surface area contributed by atoms with Crippen LogP contribution in [-0.4, -0.2) is 81.2 Å². The van der Waals surface area contributed by atoms with E-state index in [0.29, 0.717) is 39.8 Å². The van der Waals surface area contributed by atoms with Crippen molar-refractivity contribution in [2.45, 2.75) is 94.7 Å². The SMILES string of the molecule is C[C@H](Oc1nc2c(F)c(-c3cccc(Cl)c3Cl)c(CCC#N)cc2c2c1cc([C@H]1C[C@H](Oc3ncccc3F)CN1C(=O)C1CC1)n2[C@H]1[C@H]2CN[C@@H]1C2)[C@@H]1CCCN1C. The summed E-state index contributed by atoms with van der Waals surface area (Å²) in [7, 11) is 2.10. The number of carbonyl (C=O) groups is 1. The standard InChI is InChI=1S/C45H45Cl2F2N7O3/c1-23(34-11-6-16-54(34)2)58-43-30-20-36(35-19-27(22-55(35)45(57)24-12-13-24)59-44-32(48)10-5-15-51-44)56(41-26-18-33(41)52-21-26)42(30)29-17-25(7-4-14-50)37(39(49)40(29)53-43)28-8-3-9-31(46)38(28)47/h3,5,8-10,15,17,20,23-24,26-27,33-35,41,52H,4,6-7,11-13,16,18-19,21-22H2,1-2H3/t23-,26+,27-,33+,34-,35+,41-/m0/s1. The molecule has 2 aromatic carbocycles. The number of halogens is 4. The minimum absolute atomic E-state index is 0.0121. The number of nitrogens with zero attached hydrogens (tertiary/aromatic N) is 6. The van der Waals surface area contributed by atoms with Gasteiger partial charge in [0.25, 0.3) is 5.88 Å². The van der Waals surface area contributed by atoms with Crippen LogP contribution in [-0.2, 0) is 11.2 Å². The highest BCUT2D eigenvalue weighted by Gasteiger charge is 2.51. The molecule has 6 fully saturated rings. The number of aryl methyl sites for hydroxylation is 1. The number of benzene rings is 2. The van der Waals surface area contributed by atoms with E-state index in [1.54, 1.807) is 18.2 Å². The molecule has 2 aliphatic carbocycles. The van der Waals surface area contributed by atoms with Crippen LogP contribution in [0, 0.1) is 34.8 Å². The highest BCUT2D eigenvalue weighted by atomic mass is 35.5. The first-order chi connectivity index (χ1) is 28.6. The van der Waals surface area contributed by atoms with E-state index in [1.165, 1.54) is 18.3 Å². The molecule has 3 aromatic heterocycles. The largest absolute Gasteiger partial charge is 0.472 e. The van der Waals surface area contributed by atoms with Crippen LogP contribution in [0.25, 0.3) is 32.9 Å². The molecule has 0 radical (unpaired) electrons. The van der Waals surface area contributed by atoms with Crippen LogP contribution in [0.1, 0.15) is 75.2 Å². The number of rotatable bonds is 11. The summed E-state index contributed by atoms with van der Waals surface area (Å²) in [6.45, 7) is 4.11. The number of aromatic nitrogens is 3. The van der Waals surface area contributed by atoms with Crippen LogP contribution in [0.5, 0.6) is 11.8 Å². The summed E-state index contributed by atoms with van der Waals surface area (Å²) in [6, 6.07) is 14.2. The second-order valence-corrected chi connectivity index (χ2v) is 17.8. The van der Waals surface area contributed by atoms with E-state index in [-0.39, 0.29) is 77.4 Å². The van der Waals surface area contributed by atoms with Crippen molar-refractivity contribution >= 4 is 50.9 Å². The van der Waals surface area contributed by atoms with Crippen molar-refractivity contribution in [2.75, 3.05) is 26.7 Å². The zero-order valence-corrected chi connectivity index (χ0v) is 34.4. The Labute approximate surface area is 351 Å². The molecule has 1 N–H and O–H groups in total. The Morgan fingerprint density at radius 3 is 2.66 bits per heavy atom. The van der Waals surface area contributed by atoms with Crippen LogP contribution in [0.4, 0.5) is 8.78 Å². The van der Waals surface area contributed by atoms with Crippen molar-refractivity contribution in [3.8, 4) is 29.0 Å². The first-order valence-electron chi connectivity index (χ1n) is 20.8. The summed E-state index contributed by atoms with van der Waals surface area (Å²) in [5, 5.41) is 15.3. The van der Waals surface area contributed by atoms with Gasteiger partial charge in [-0.3, -0.25) is 9.69 Å². The molecule has 5 aromatic rings. The molecule has 306 valence electrons. The van der Waals surface area contributed by atoms with Crippen molar-refractivity contribution in [3.05, 3.63) is 81.6 Å². The van der Waals surface area contributed by atoms with E-state index in [4.69, 9.17) is 37.7 Å². The summed E-state index contributed by atoms with van der Waals surface area (Å²) in [4.78, 5) is 27.6. The van der Waals surface area contributed by atoms with Crippen molar-refractivity contribution in [2.24, 2.45) is 11.8 Å². The number of amides is 1. The second kappa shape index (κ2) is 15.2. The van der Waals surface area contributed by atoms with E-state index >= 15 is 4.39 Å². The van der Waals surface area contributed by atoms with Gasteiger partial charge in [0.15, 0.2) is 11.6 Å². The van der Waals surface area contributed by atoms with Gasteiger partial charge in [0.2, 0.25) is 11.8 Å². The molecule has 10 nitrogen and oxygen atoms in total. The Morgan fingerprint density at radius 1 is 1.10 bits per heavy atom. The van der Waals surface area contributed by atoms with E-state index in [0.717, 1.165) is 61.8 Å². The van der Waals surface area contributed by atoms with E-state index in [2.05, 4.69) is 39.0 Å². The topological polar surface area (TPSA) is 109 Å². The van der Waals surface area contributed by atoms with E-state index < -0.39 is 23.8 Å². The number of hydrogen-bond donors (Lipinski definition) is 1. The molecule has 0 spiro atoms. The summed E-state index contributed by atoms with van der Waals surface area (Å²) < 4.78 is 48.1. The predicted molar refractivity (Wildman–Crippen MR) is 222 cm³/mol. The average Bonchev–Trinajstić information content (AvgIpc) is 3.66. The van der Waals surface area contributed by atoms with Gasteiger partial charge in [-0.2, -0.15) is 5.26 Å². The third kappa shape index (κ3) is 6.60. The van der Waals surface area contributed by atoms with Crippen molar-refractivity contribution in [1.82, 2.24) is 29.7 Å². The normalized spacial score (nSPS) is 25.7. The lowest BCUT2D eigenvalue weighted by Crippen LogP contribution is -2.41. The molecule has 14 heteroatoms. The molecule has 6 aliphatic rings. The fourth-order valence-corrected chi connectivity index (χ4v) is 10.8. The maximum absolute atomic E-state index is 17.8. The molecule has 4 saturated heterocycles. The highest BCUT2D eigenvalue weighted by molar-refractivity contribution is 6.43. The molecule has 4 aliphatic heterocycles. The minimum Gasteiger partial charge on any atom is -0.472 e. The lowest BCUT2D eigenvalue weighted by atomic mass is 9.79. The number of likely N-dealkylation sites (tertiary alicyclic amines) is 2. The summed E-state index contributed by atoms with van der Waals surface area (Å²) >= 11 is 13.3. The lowest BCUT2D eigenvalue weighted by Gasteiger charge is -2.39. The number of nitrogens with one attached hydrogen (secondary N) is 1. The van der Waals surface area contributed by atoms with Gasteiger partial charge in [0, 0.05) is 65.8 Å². The molecule has 59 heavy (non-hydrogen) atoms. The number of nitriles is 1. The molecular formula is C45H45Cl2F2N7O3. The zero-order valence-electron chi connectivity index (χ0n) is 32.9. The molecule has 1 amide bonds. The summed E-state index contributed by atoms with van der Waals surface area (Å²) in [5.41, 5.74) is 3.07.